The Balaban J connectivity index is 1.73. The molecule has 0 atom stereocenters. The Labute approximate surface area is 126 Å². The highest BCUT2D eigenvalue weighted by molar-refractivity contribution is 9.10. The van der Waals surface area contributed by atoms with Gasteiger partial charge in [0.1, 0.15) is 5.69 Å². The minimum Gasteiger partial charge on any atom is -0.350 e. The third kappa shape index (κ3) is 4.30. The first-order valence-electron chi connectivity index (χ1n) is 6.84. The van der Waals surface area contributed by atoms with Gasteiger partial charge < -0.3 is 10.2 Å². The molecule has 1 saturated heterocycles. The molecule has 0 spiro atoms. The summed E-state index contributed by atoms with van der Waals surface area (Å²) in [6.45, 7) is 2.05. The molecule has 0 bridgehead atoms. The van der Waals surface area contributed by atoms with Crippen molar-refractivity contribution >= 4 is 27.7 Å². The average molecular weight is 340 g/mol. The molecule has 2 amide bonds. The summed E-state index contributed by atoms with van der Waals surface area (Å²) in [5, 5.41) is 2.72. The summed E-state index contributed by atoms with van der Waals surface area (Å²) in [6.07, 6.45) is 5.30. The van der Waals surface area contributed by atoms with Crippen LogP contribution in [0.3, 0.4) is 0 Å². The molecular weight excluding hydrogens is 322 g/mol. The van der Waals surface area contributed by atoms with Crippen LogP contribution in [0.15, 0.2) is 22.8 Å². The van der Waals surface area contributed by atoms with Gasteiger partial charge in [0.25, 0.3) is 5.91 Å². The molecule has 1 aromatic rings. The molecule has 1 aromatic heterocycles. The normalized spacial score (nSPS) is 14.9. The second kappa shape index (κ2) is 7.38. The molecule has 1 aliphatic rings. The molecule has 1 N–H and O–H groups in total. The van der Waals surface area contributed by atoms with Gasteiger partial charge in [0.2, 0.25) is 5.91 Å². The maximum atomic E-state index is 11.9. The number of hydrogen-bond acceptors (Lipinski definition) is 3. The van der Waals surface area contributed by atoms with Crippen LogP contribution in [0.1, 0.15) is 36.2 Å². The van der Waals surface area contributed by atoms with Crippen LogP contribution in [0.5, 0.6) is 0 Å². The van der Waals surface area contributed by atoms with E-state index in [2.05, 4.69) is 26.2 Å². The molecule has 108 valence electrons. The third-order valence-electron chi connectivity index (χ3n) is 3.29. The van der Waals surface area contributed by atoms with Gasteiger partial charge in [-0.1, -0.05) is 0 Å². The molecule has 5 nitrogen and oxygen atoms in total. The second-order valence-corrected chi connectivity index (χ2v) is 5.72. The fourth-order valence-electron chi connectivity index (χ4n) is 2.19. The maximum absolute atomic E-state index is 11.9. The van der Waals surface area contributed by atoms with E-state index in [0.29, 0.717) is 18.7 Å². The number of carbonyl (C=O) groups excluding carboxylic acids is 2. The number of piperidine rings is 1. The Morgan fingerprint density at radius 3 is 2.65 bits per heavy atom. The predicted molar refractivity (Wildman–Crippen MR) is 79.3 cm³/mol. The fourth-order valence-corrected chi connectivity index (χ4v) is 2.42. The van der Waals surface area contributed by atoms with Crippen molar-refractivity contribution < 1.29 is 9.59 Å². The summed E-state index contributed by atoms with van der Waals surface area (Å²) in [5.41, 5.74) is 0.360. The topological polar surface area (TPSA) is 62.3 Å². The number of nitrogens with zero attached hydrogens (tertiary/aromatic N) is 2. The number of carbonyl (C=O) groups is 2. The number of halogens is 1. The molecule has 6 heteroatoms. The fraction of sp³-hybridized carbons (Fsp3) is 0.500. The lowest BCUT2D eigenvalue weighted by Gasteiger charge is -2.26. The molecule has 0 saturated carbocycles. The number of pyridine rings is 1. The van der Waals surface area contributed by atoms with Crippen molar-refractivity contribution in [2.24, 2.45) is 0 Å². The van der Waals surface area contributed by atoms with E-state index in [1.54, 1.807) is 18.3 Å². The standard InChI is InChI=1S/C14H18BrN3O2/c15-11-4-5-12(17-10-11)14(20)16-7-6-13(19)18-8-2-1-3-9-18/h4-5,10H,1-3,6-9H2,(H,16,20). The molecule has 20 heavy (non-hydrogen) atoms. The Hall–Kier alpha value is -1.43. The Morgan fingerprint density at radius 2 is 2.00 bits per heavy atom. The molecule has 0 unspecified atom stereocenters. The van der Waals surface area contributed by atoms with Crippen LogP contribution in [0.2, 0.25) is 0 Å². The summed E-state index contributed by atoms with van der Waals surface area (Å²) in [7, 11) is 0. The van der Waals surface area contributed by atoms with E-state index in [9.17, 15) is 9.59 Å². The summed E-state index contributed by atoms with van der Waals surface area (Å²) in [4.78, 5) is 29.6. The maximum Gasteiger partial charge on any atom is 0.269 e. The van der Waals surface area contributed by atoms with Crippen LogP contribution < -0.4 is 5.32 Å². The van der Waals surface area contributed by atoms with Gasteiger partial charge in [-0.3, -0.25) is 9.59 Å². The summed E-state index contributed by atoms with van der Waals surface area (Å²) in [5.74, 6) is -0.127. The quantitative estimate of drug-likeness (QED) is 0.912. The lowest BCUT2D eigenvalue weighted by molar-refractivity contribution is -0.131. The van der Waals surface area contributed by atoms with E-state index < -0.39 is 0 Å². The van der Waals surface area contributed by atoms with Crippen molar-refractivity contribution in [3.8, 4) is 0 Å². The zero-order chi connectivity index (χ0) is 14.4. The number of hydrogen-bond donors (Lipinski definition) is 1. The van der Waals surface area contributed by atoms with E-state index in [4.69, 9.17) is 0 Å². The van der Waals surface area contributed by atoms with Gasteiger partial charge in [0.05, 0.1) is 0 Å². The van der Waals surface area contributed by atoms with Gasteiger partial charge in [-0.25, -0.2) is 4.98 Å². The van der Waals surface area contributed by atoms with E-state index >= 15 is 0 Å². The molecule has 2 heterocycles. The minimum absolute atomic E-state index is 0.119. The zero-order valence-electron chi connectivity index (χ0n) is 11.3. The lowest BCUT2D eigenvalue weighted by Crippen LogP contribution is -2.37. The molecule has 2 rings (SSSR count). The van der Waals surface area contributed by atoms with Gasteiger partial charge in [0, 0.05) is 36.7 Å². The SMILES string of the molecule is O=C(NCCC(=O)N1CCCCC1)c1ccc(Br)cn1. The summed E-state index contributed by atoms with van der Waals surface area (Å²) < 4.78 is 0.828. The van der Waals surface area contributed by atoms with E-state index in [1.807, 2.05) is 4.90 Å². The first kappa shape index (κ1) is 15.0. The largest absolute Gasteiger partial charge is 0.350 e. The van der Waals surface area contributed by atoms with Gasteiger partial charge in [0.15, 0.2) is 0 Å². The minimum atomic E-state index is -0.246. The summed E-state index contributed by atoms with van der Waals surface area (Å²) in [6, 6.07) is 3.41. The highest BCUT2D eigenvalue weighted by atomic mass is 79.9. The van der Waals surface area contributed by atoms with E-state index in [-0.39, 0.29) is 11.8 Å². The highest BCUT2D eigenvalue weighted by Crippen LogP contribution is 2.10. The molecule has 0 radical (unpaired) electrons. The van der Waals surface area contributed by atoms with Crippen LogP contribution in [-0.4, -0.2) is 41.3 Å². The van der Waals surface area contributed by atoms with E-state index in [1.165, 1.54) is 6.42 Å². The number of rotatable bonds is 4. The first-order chi connectivity index (χ1) is 9.66. The van der Waals surface area contributed by atoms with Crippen molar-refractivity contribution in [2.45, 2.75) is 25.7 Å². The van der Waals surface area contributed by atoms with Crippen LogP contribution in [0.25, 0.3) is 0 Å². The van der Waals surface area contributed by atoms with E-state index in [0.717, 1.165) is 30.4 Å². The molecule has 1 aliphatic heterocycles. The number of amides is 2. The van der Waals surface area contributed by atoms with Crippen LogP contribution >= 0.6 is 15.9 Å². The molecule has 0 aromatic carbocycles. The van der Waals surface area contributed by atoms with Crippen LogP contribution in [0.4, 0.5) is 0 Å². The molecule has 0 aliphatic carbocycles. The summed E-state index contributed by atoms with van der Waals surface area (Å²) >= 11 is 3.27. The van der Waals surface area contributed by atoms with Gasteiger partial charge in [-0.2, -0.15) is 0 Å². The molecule has 1 fully saturated rings. The second-order valence-electron chi connectivity index (χ2n) is 4.81. The van der Waals surface area contributed by atoms with Crippen LogP contribution in [-0.2, 0) is 4.79 Å². The number of nitrogens with one attached hydrogen (secondary N) is 1. The Morgan fingerprint density at radius 1 is 1.25 bits per heavy atom. The van der Waals surface area contributed by atoms with Crippen LogP contribution in [0, 0.1) is 0 Å². The first-order valence-corrected chi connectivity index (χ1v) is 7.63. The van der Waals surface area contributed by atoms with Crippen molar-refractivity contribution in [2.75, 3.05) is 19.6 Å². The lowest BCUT2D eigenvalue weighted by atomic mass is 10.1. The van der Waals surface area contributed by atoms with Crippen molar-refractivity contribution in [1.82, 2.24) is 15.2 Å². The Bertz CT molecular complexity index is 470. The Kier molecular flexibility index (Phi) is 5.52. The monoisotopic (exact) mass is 339 g/mol. The predicted octanol–water partition coefficient (Wildman–Crippen LogP) is 1.98. The highest BCUT2D eigenvalue weighted by Gasteiger charge is 2.16. The number of aromatic nitrogens is 1. The zero-order valence-corrected chi connectivity index (χ0v) is 12.9. The third-order valence-corrected chi connectivity index (χ3v) is 3.76. The number of likely N-dealkylation sites (tertiary alicyclic amines) is 1. The van der Waals surface area contributed by atoms with Crippen molar-refractivity contribution in [3.63, 3.8) is 0 Å². The van der Waals surface area contributed by atoms with Gasteiger partial charge in [-0.15, -0.1) is 0 Å². The average Bonchev–Trinajstić information content (AvgIpc) is 2.48. The van der Waals surface area contributed by atoms with Crippen molar-refractivity contribution in [3.05, 3.63) is 28.5 Å². The van der Waals surface area contributed by atoms with Gasteiger partial charge in [-0.05, 0) is 47.3 Å². The van der Waals surface area contributed by atoms with Crippen molar-refractivity contribution in [1.29, 1.82) is 0 Å². The van der Waals surface area contributed by atoms with Gasteiger partial charge >= 0.3 is 0 Å². The smallest absolute Gasteiger partial charge is 0.269 e. The molecular formula is C14H18BrN3O2.